The van der Waals surface area contributed by atoms with Crippen LogP contribution < -0.4 is 9.80 Å². The predicted octanol–water partition coefficient (Wildman–Crippen LogP) is 1.31. The summed E-state index contributed by atoms with van der Waals surface area (Å²) in [4.78, 5) is 33.8. The van der Waals surface area contributed by atoms with E-state index in [2.05, 4.69) is 29.7 Å². The fourth-order valence-electron chi connectivity index (χ4n) is 2.86. The maximum Gasteiger partial charge on any atom is 0.356 e. The maximum atomic E-state index is 11.7. The zero-order valence-electron chi connectivity index (χ0n) is 15.0. The van der Waals surface area contributed by atoms with Gasteiger partial charge in [-0.15, -0.1) is 0 Å². The Kier molecular flexibility index (Phi) is 4.78. The van der Waals surface area contributed by atoms with Crippen molar-refractivity contribution in [2.24, 2.45) is 0 Å². The van der Waals surface area contributed by atoms with Crippen LogP contribution in [0.15, 0.2) is 12.1 Å². The highest BCUT2D eigenvalue weighted by Gasteiger charge is 2.22. The van der Waals surface area contributed by atoms with Crippen molar-refractivity contribution in [3.05, 3.63) is 34.9 Å². The molecule has 0 aliphatic carbocycles. The van der Waals surface area contributed by atoms with Crippen LogP contribution in [0.2, 0.25) is 0 Å². The van der Waals surface area contributed by atoms with Gasteiger partial charge in [0.05, 0.1) is 7.11 Å². The zero-order chi connectivity index (χ0) is 18.0. The van der Waals surface area contributed by atoms with Gasteiger partial charge in [-0.3, -0.25) is 0 Å². The topological polar surface area (TPSA) is 84.3 Å². The van der Waals surface area contributed by atoms with Gasteiger partial charge in [0.15, 0.2) is 5.69 Å². The summed E-state index contributed by atoms with van der Waals surface area (Å²) in [5, 5.41) is 0. The second kappa shape index (κ2) is 7.00. The van der Waals surface area contributed by atoms with Crippen molar-refractivity contribution in [1.82, 2.24) is 19.9 Å². The summed E-state index contributed by atoms with van der Waals surface area (Å²) in [6, 6.07) is 3.60. The Morgan fingerprint density at radius 2 is 1.28 bits per heavy atom. The van der Waals surface area contributed by atoms with E-state index in [-0.39, 0.29) is 5.69 Å². The van der Waals surface area contributed by atoms with Crippen LogP contribution in [-0.2, 0) is 4.74 Å². The van der Waals surface area contributed by atoms with Crippen LogP contribution in [0, 0.1) is 20.8 Å². The molecule has 8 heteroatoms. The second-order valence-electron chi connectivity index (χ2n) is 6.11. The third-order valence-electron chi connectivity index (χ3n) is 4.05. The number of nitrogens with zero attached hydrogens (tertiary/aromatic N) is 6. The summed E-state index contributed by atoms with van der Waals surface area (Å²) >= 11 is 0. The highest BCUT2D eigenvalue weighted by molar-refractivity contribution is 5.87. The Morgan fingerprint density at radius 1 is 0.840 bits per heavy atom. The van der Waals surface area contributed by atoms with Crippen LogP contribution in [0.4, 0.5) is 11.9 Å². The molecule has 0 bridgehead atoms. The molecule has 0 spiro atoms. The molecule has 8 nitrogen and oxygen atoms in total. The van der Waals surface area contributed by atoms with Crippen molar-refractivity contribution >= 4 is 17.9 Å². The monoisotopic (exact) mass is 342 g/mol. The molecule has 0 unspecified atom stereocenters. The van der Waals surface area contributed by atoms with Gasteiger partial charge in [0.2, 0.25) is 11.9 Å². The molecular formula is C17H22N6O2. The number of aromatic nitrogens is 4. The first kappa shape index (κ1) is 17.1. The molecule has 3 heterocycles. The van der Waals surface area contributed by atoms with Gasteiger partial charge in [0.25, 0.3) is 0 Å². The molecule has 1 saturated heterocycles. The molecule has 1 fully saturated rings. The number of hydrogen-bond donors (Lipinski definition) is 0. The number of carbonyl (C=O) groups is 1. The quantitative estimate of drug-likeness (QED) is 0.772. The summed E-state index contributed by atoms with van der Waals surface area (Å²) in [6.07, 6.45) is 0. The molecule has 0 amide bonds. The molecule has 132 valence electrons. The molecule has 25 heavy (non-hydrogen) atoms. The summed E-state index contributed by atoms with van der Waals surface area (Å²) in [7, 11) is 1.35. The molecule has 2 aromatic heterocycles. The van der Waals surface area contributed by atoms with E-state index in [1.165, 1.54) is 7.11 Å². The van der Waals surface area contributed by atoms with Crippen LogP contribution in [0.1, 0.15) is 27.6 Å². The predicted molar refractivity (Wildman–Crippen MR) is 94.0 cm³/mol. The van der Waals surface area contributed by atoms with E-state index in [1.54, 1.807) is 6.07 Å². The average Bonchev–Trinajstić information content (AvgIpc) is 2.60. The van der Waals surface area contributed by atoms with Crippen molar-refractivity contribution in [2.75, 3.05) is 43.1 Å². The molecule has 1 aliphatic heterocycles. The van der Waals surface area contributed by atoms with E-state index in [4.69, 9.17) is 4.74 Å². The van der Waals surface area contributed by atoms with Crippen LogP contribution in [0.5, 0.6) is 0 Å². The number of aryl methyl sites for hydroxylation is 3. The van der Waals surface area contributed by atoms with Crippen LogP contribution in [-0.4, -0.2) is 59.2 Å². The summed E-state index contributed by atoms with van der Waals surface area (Å²) in [6.45, 7) is 8.81. The number of esters is 1. The highest BCUT2D eigenvalue weighted by Crippen LogP contribution is 2.17. The van der Waals surface area contributed by atoms with Crippen molar-refractivity contribution in [3.8, 4) is 0 Å². The van der Waals surface area contributed by atoms with Gasteiger partial charge in [-0.05, 0) is 32.9 Å². The van der Waals surface area contributed by atoms with Crippen molar-refractivity contribution in [3.63, 3.8) is 0 Å². The molecule has 0 saturated carbocycles. The Bertz CT molecular complexity index is 766. The standard InChI is InChI=1S/C17H22N6O2/c1-11-9-12(2)19-16(18-11)22-5-7-23(8-6-22)17-20-13(3)10-14(21-17)15(24)25-4/h9-10H,5-8H2,1-4H3. The summed E-state index contributed by atoms with van der Waals surface area (Å²) < 4.78 is 4.76. The minimum absolute atomic E-state index is 0.282. The van der Waals surface area contributed by atoms with Crippen LogP contribution in [0.3, 0.4) is 0 Å². The number of anilines is 2. The molecular weight excluding hydrogens is 320 g/mol. The van der Waals surface area contributed by atoms with E-state index < -0.39 is 5.97 Å². The number of methoxy groups -OCH3 is 1. The Hall–Kier alpha value is -2.77. The molecule has 0 atom stereocenters. The molecule has 1 aliphatic rings. The van der Waals surface area contributed by atoms with Gasteiger partial charge in [0, 0.05) is 43.3 Å². The van der Waals surface area contributed by atoms with Gasteiger partial charge in [-0.25, -0.2) is 24.7 Å². The number of carbonyl (C=O) groups excluding carboxylic acids is 1. The van der Waals surface area contributed by atoms with E-state index in [0.29, 0.717) is 5.95 Å². The SMILES string of the molecule is COC(=O)c1cc(C)nc(N2CCN(c3nc(C)cc(C)n3)CC2)n1. The first-order valence-electron chi connectivity index (χ1n) is 8.22. The van der Waals surface area contributed by atoms with Gasteiger partial charge in [0.1, 0.15) is 0 Å². The number of rotatable bonds is 3. The largest absolute Gasteiger partial charge is 0.464 e. The number of hydrogen-bond acceptors (Lipinski definition) is 8. The average molecular weight is 342 g/mol. The minimum Gasteiger partial charge on any atom is -0.464 e. The second-order valence-corrected chi connectivity index (χ2v) is 6.11. The smallest absolute Gasteiger partial charge is 0.356 e. The normalized spacial score (nSPS) is 14.6. The molecule has 0 N–H and O–H groups in total. The van der Waals surface area contributed by atoms with Gasteiger partial charge < -0.3 is 14.5 Å². The lowest BCUT2D eigenvalue weighted by Crippen LogP contribution is -2.48. The third-order valence-corrected chi connectivity index (χ3v) is 4.05. The minimum atomic E-state index is -0.450. The molecule has 2 aromatic rings. The van der Waals surface area contributed by atoms with Crippen LogP contribution >= 0.6 is 0 Å². The number of piperazine rings is 1. The van der Waals surface area contributed by atoms with E-state index in [9.17, 15) is 4.79 Å². The highest BCUT2D eigenvalue weighted by atomic mass is 16.5. The fraction of sp³-hybridized carbons (Fsp3) is 0.471. The van der Waals surface area contributed by atoms with E-state index in [0.717, 1.165) is 49.2 Å². The van der Waals surface area contributed by atoms with E-state index in [1.807, 2.05) is 26.8 Å². The maximum absolute atomic E-state index is 11.7. The molecule has 3 rings (SSSR count). The molecule has 0 radical (unpaired) electrons. The summed E-state index contributed by atoms with van der Waals surface area (Å²) in [5.74, 6) is 0.868. The first-order chi connectivity index (χ1) is 12.0. The molecule has 0 aromatic carbocycles. The Labute approximate surface area is 146 Å². The van der Waals surface area contributed by atoms with Gasteiger partial charge >= 0.3 is 5.97 Å². The lowest BCUT2D eigenvalue weighted by atomic mass is 10.3. The third kappa shape index (κ3) is 3.84. The Balaban J connectivity index is 1.74. The van der Waals surface area contributed by atoms with E-state index >= 15 is 0 Å². The van der Waals surface area contributed by atoms with Crippen LogP contribution in [0.25, 0.3) is 0 Å². The number of ether oxygens (including phenoxy) is 1. The van der Waals surface area contributed by atoms with Gasteiger partial charge in [-0.1, -0.05) is 0 Å². The van der Waals surface area contributed by atoms with Gasteiger partial charge in [-0.2, -0.15) is 0 Å². The fourth-order valence-corrected chi connectivity index (χ4v) is 2.86. The van der Waals surface area contributed by atoms with Crippen molar-refractivity contribution < 1.29 is 9.53 Å². The zero-order valence-corrected chi connectivity index (χ0v) is 15.0. The summed E-state index contributed by atoms with van der Waals surface area (Å²) in [5.41, 5.74) is 2.96. The Morgan fingerprint density at radius 3 is 1.76 bits per heavy atom. The first-order valence-corrected chi connectivity index (χ1v) is 8.22. The van der Waals surface area contributed by atoms with Crippen molar-refractivity contribution in [1.29, 1.82) is 0 Å². The van der Waals surface area contributed by atoms with Crippen molar-refractivity contribution in [2.45, 2.75) is 20.8 Å². The lowest BCUT2D eigenvalue weighted by Gasteiger charge is -2.35. The lowest BCUT2D eigenvalue weighted by molar-refractivity contribution is 0.0593.